The van der Waals surface area contributed by atoms with Crippen LogP contribution >= 0.6 is 15.9 Å². The molecule has 4 nitrogen and oxygen atoms in total. The van der Waals surface area contributed by atoms with Crippen LogP contribution in [0.3, 0.4) is 0 Å². The molecule has 0 unspecified atom stereocenters. The smallest absolute Gasteiger partial charge is 0.205 e. The maximum Gasteiger partial charge on any atom is 0.205 e. The average Bonchev–Trinajstić information content (AvgIpc) is 2.80. The minimum absolute atomic E-state index is 0.0299. The second-order valence-corrected chi connectivity index (χ2v) is 5.58. The van der Waals surface area contributed by atoms with Gasteiger partial charge in [0, 0.05) is 10.9 Å². The minimum Gasteiger partial charge on any atom is -0.437 e. The molecule has 0 saturated heterocycles. The first kappa shape index (κ1) is 12.9. The topological polar surface area (TPSA) is 76.1 Å². The van der Waals surface area contributed by atoms with E-state index >= 15 is 0 Å². The van der Waals surface area contributed by atoms with Crippen molar-refractivity contribution in [2.45, 2.75) is 18.8 Å². The Hall–Kier alpha value is -2.06. The molecular formula is C15H11BrN2O2. The first-order valence-electron chi connectivity index (χ1n) is 6.21. The number of hydrogen-bond donors (Lipinski definition) is 1. The van der Waals surface area contributed by atoms with Gasteiger partial charge in [-0.05, 0) is 23.6 Å². The second kappa shape index (κ2) is 4.80. The van der Waals surface area contributed by atoms with Gasteiger partial charge in [0.1, 0.15) is 11.6 Å². The first-order valence-corrected chi connectivity index (χ1v) is 7.01. The summed E-state index contributed by atoms with van der Waals surface area (Å²) in [6.45, 7) is 0. The van der Waals surface area contributed by atoms with Crippen molar-refractivity contribution in [3.8, 4) is 6.07 Å². The number of Topliss-reactive ketones (excluding diaryl/α,β-unsaturated/α-hetero) is 1. The molecule has 1 aromatic rings. The summed E-state index contributed by atoms with van der Waals surface area (Å²) < 4.78 is 6.25. The molecule has 100 valence electrons. The summed E-state index contributed by atoms with van der Waals surface area (Å²) in [4.78, 5) is 11.9. The second-order valence-electron chi connectivity index (χ2n) is 4.72. The Balaban J connectivity index is 2.21. The molecule has 1 heterocycles. The quantitative estimate of drug-likeness (QED) is 0.858. The highest BCUT2D eigenvalue weighted by Gasteiger charge is 2.39. The monoisotopic (exact) mass is 330 g/mol. The Morgan fingerprint density at radius 2 is 2.10 bits per heavy atom. The molecule has 1 aliphatic heterocycles. The minimum atomic E-state index is -0.300. The molecule has 3 rings (SSSR count). The van der Waals surface area contributed by atoms with Crippen molar-refractivity contribution in [2.75, 3.05) is 0 Å². The van der Waals surface area contributed by atoms with Gasteiger partial charge in [0.05, 0.1) is 5.92 Å². The number of ether oxygens (including phenoxy) is 1. The zero-order valence-electron chi connectivity index (χ0n) is 10.5. The average molecular weight is 331 g/mol. The summed E-state index contributed by atoms with van der Waals surface area (Å²) >= 11 is 3.50. The maximum atomic E-state index is 11.9. The number of carbonyl (C=O) groups excluding carboxylic acids is 1. The zero-order chi connectivity index (χ0) is 14.3. The number of allylic oxidation sites excluding steroid dienone is 3. The van der Waals surface area contributed by atoms with Crippen molar-refractivity contribution in [2.24, 2.45) is 5.73 Å². The van der Waals surface area contributed by atoms with Crippen LogP contribution in [0.1, 0.15) is 24.3 Å². The predicted molar refractivity (Wildman–Crippen MR) is 76.1 cm³/mol. The van der Waals surface area contributed by atoms with Gasteiger partial charge in [0.25, 0.3) is 0 Å². The van der Waals surface area contributed by atoms with Crippen LogP contribution in [0.15, 0.2) is 51.5 Å². The number of nitrogens with zero attached hydrogens (tertiary/aromatic N) is 1. The van der Waals surface area contributed by atoms with E-state index in [1.54, 1.807) is 0 Å². The third-order valence-corrected chi connectivity index (χ3v) is 4.34. The molecule has 2 N–H and O–H groups in total. The molecule has 0 aromatic heterocycles. The van der Waals surface area contributed by atoms with E-state index in [0.717, 1.165) is 15.6 Å². The highest BCUT2D eigenvalue weighted by molar-refractivity contribution is 9.10. The van der Waals surface area contributed by atoms with Gasteiger partial charge >= 0.3 is 0 Å². The van der Waals surface area contributed by atoms with E-state index in [0.29, 0.717) is 24.2 Å². The van der Waals surface area contributed by atoms with Crippen LogP contribution in [-0.4, -0.2) is 5.78 Å². The van der Waals surface area contributed by atoms with E-state index in [4.69, 9.17) is 10.5 Å². The molecular weight excluding hydrogens is 320 g/mol. The largest absolute Gasteiger partial charge is 0.437 e. The lowest BCUT2D eigenvalue weighted by Gasteiger charge is -2.25. The van der Waals surface area contributed by atoms with E-state index < -0.39 is 0 Å². The Labute approximate surface area is 124 Å². The van der Waals surface area contributed by atoms with Crippen LogP contribution in [0.2, 0.25) is 0 Å². The Morgan fingerprint density at radius 3 is 2.80 bits per heavy atom. The Kier molecular flexibility index (Phi) is 3.11. The summed E-state index contributed by atoms with van der Waals surface area (Å²) in [5.74, 6) is 0.00674. The Bertz CT molecular complexity index is 713. The van der Waals surface area contributed by atoms with Gasteiger partial charge < -0.3 is 10.5 Å². The van der Waals surface area contributed by atoms with E-state index in [9.17, 15) is 10.1 Å². The van der Waals surface area contributed by atoms with Gasteiger partial charge in [-0.1, -0.05) is 34.1 Å². The van der Waals surface area contributed by atoms with Crippen LogP contribution in [0, 0.1) is 11.3 Å². The summed E-state index contributed by atoms with van der Waals surface area (Å²) in [5, 5.41) is 9.38. The van der Waals surface area contributed by atoms with Crippen molar-refractivity contribution >= 4 is 21.7 Å². The van der Waals surface area contributed by atoms with Crippen molar-refractivity contribution < 1.29 is 9.53 Å². The molecule has 0 spiro atoms. The molecule has 0 saturated carbocycles. The number of nitriles is 1. The molecule has 20 heavy (non-hydrogen) atoms. The molecule has 5 heteroatoms. The van der Waals surface area contributed by atoms with Gasteiger partial charge in [-0.25, -0.2) is 0 Å². The fraction of sp³-hybridized carbons (Fsp3) is 0.200. The van der Waals surface area contributed by atoms with Crippen molar-refractivity contribution in [3.63, 3.8) is 0 Å². The molecule has 1 aromatic carbocycles. The molecule has 0 radical (unpaired) electrons. The molecule has 0 amide bonds. The van der Waals surface area contributed by atoms with Gasteiger partial charge in [-0.3, -0.25) is 4.79 Å². The van der Waals surface area contributed by atoms with Crippen molar-refractivity contribution in [1.82, 2.24) is 0 Å². The standard InChI is InChI=1S/C15H11BrN2O2/c16-11-4-2-1-3-8(11)13-9-5-6-12(19)14(9)20-15(18)10(13)7-17/h1-4,13H,5-6,18H2/t13-/m1/s1. The summed E-state index contributed by atoms with van der Waals surface area (Å²) in [6.07, 6.45) is 1.02. The number of benzene rings is 1. The maximum absolute atomic E-state index is 11.9. The lowest BCUT2D eigenvalue weighted by atomic mass is 9.83. The van der Waals surface area contributed by atoms with E-state index in [1.807, 2.05) is 24.3 Å². The van der Waals surface area contributed by atoms with Crippen molar-refractivity contribution in [3.05, 3.63) is 57.1 Å². The van der Waals surface area contributed by atoms with Crippen LogP contribution < -0.4 is 5.73 Å². The molecule has 0 bridgehead atoms. The van der Waals surface area contributed by atoms with E-state index in [1.165, 1.54) is 0 Å². The molecule has 0 fully saturated rings. The lowest BCUT2D eigenvalue weighted by Crippen LogP contribution is -2.20. The SMILES string of the molecule is N#CC1=C(N)OC2=C(CCC2=O)[C@H]1c1ccccc1Br. The fourth-order valence-electron chi connectivity index (χ4n) is 2.71. The predicted octanol–water partition coefficient (Wildman–Crippen LogP) is 2.87. The van der Waals surface area contributed by atoms with Crippen LogP contribution in [-0.2, 0) is 9.53 Å². The van der Waals surface area contributed by atoms with Crippen LogP contribution in [0.5, 0.6) is 0 Å². The number of rotatable bonds is 1. The van der Waals surface area contributed by atoms with Gasteiger partial charge in [-0.2, -0.15) is 5.26 Å². The van der Waals surface area contributed by atoms with Gasteiger partial charge in [-0.15, -0.1) is 0 Å². The van der Waals surface area contributed by atoms with Crippen LogP contribution in [0.25, 0.3) is 0 Å². The highest BCUT2D eigenvalue weighted by Crippen LogP contribution is 2.46. The normalized spacial score (nSPS) is 21.6. The summed E-state index contributed by atoms with van der Waals surface area (Å²) in [6, 6.07) is 9.76. The number of ketones is 1. The summed E-state index contributed by atoms with van der Waals surface area (Å²) in [7, 11) is 0. The van der Waals surface area contributed by atoms with Gasteiger partial charge in [0.2, 0.25) is 5.88 Å². The summed E-state index contributed by atoms with van der Waals surface area (Å²) in [5.41, 5.74) is 7.97. The number of hydrogen-bond acceptors (Lipinski definition) is 4. The lowest BCUT2D eigenvalue weighted by molar-refractivity contribution is -0.117. The Morgan fingerprint density at radius 1 is 1.35 bits per heavy atom. The molecule has 1 atom stereocenters. The zero-order valence-corrected chi connectivity index (χ0v) is 12.1. The third-order valence-electron chi connectivity index (χ3n) is 3.62. The highest BCUT2D eigenvalue weighted by atomic mass is 79.9. The fourth-order valence-corrected chi connectivity index (χ4v) is 3.22. The molecule has 1 aliphatic carbocycles. The number of nitrogens with two attached hydrogens (primary N) is 1. The van der Waals surface area contributed by atoms with Crippen LogP contribution in [0.4, 0.5) is 0 Å². The third kappa shape index (κ3) is 1.84. The number of carbonyl (C=O) groups is 1. The van der Waals surface area contributed by atoms with E-state index in [-0.39, 0.29) is 17.6 Å². The number of halogens is 1. The molecule has 2 aliphatic rings. The van der Waals surface area contributed by atoms with Crippen molar-refractivity contribution in [1.29, 1.82) is 5.26 Å². The van der Waals surface area contributed by atoms with E-state index in [2.05, 4.69) is 22.0 Å². The van der Waals surface area contributed by atoms with Gasteiger partial charge in [0.15, 0.2) is 11.5 Å². The first-order chi connectivity index (χ1) is 9.63.